The molecule has 158 valence electrons. The summed E-state index contributed by atoms with van der Waals surface area (Å²) in [6.07, 6.45) is 0. The second-order valence-corrected chi connectivity index (χ2v) is 8.57. The summed E-state index contributed by atoms with van der Waals surface area (Å²) in [6.45, 7) is 4.77. The van der Waals surface area contributed by atoms with Gasteiger partial charge in [-0.2, -0.15) is 0 Å². The van der Waals surface area contributed by atoms with Gasteiger partial charge in [-0.15, -0.1) is 11.3 Å². The van der Waals surface area contributed by atoms with Gasteiger partial charge in [-0.05, 0) is 48.2 Å². The molecule has 2 aliphatic heterocycles. The maximum absolute atomic E-state index is 12.7. The largest absolute Gasteiger partial charge is 0.497 e. The first-order valence-corrected chi connectivity index (χ1v) is 11.1. The normalized spacial score (nSPS) is 15.4. The van der Waals surface area contributed by atoms with Crippen molar-refractivity contribution in [3.63, 3.8) is 0 Å². The molecule has 3 heterocycles. The number of carbonyl (C=O) groups is 1. The molecule has 1 fully saturated rings. The van der Waals surface area contributed by atoms with Gasteiger partial charge in [0.1, 0.15) is 23.0 Å². The molecule has 0 bridgehead atoms. The number of ether oxygens (including phenoxy) is 2. The highest BCUT2D eigenvalue weighted by Gasteiger charge is 2.28. The van der Waals surface area contributed by atoms with Crippen LogP contribution in [-0.4, -0.2) is 54.8 Å². The molecular weight excluding hydrogens is 410 g/mol. The smallest absolute Gasteiger partial charge is 0.264 e. The third-order valence-electron chi connectivity index (χ3n) is 5.59. The summed E-state index contributed by atoms with van der Waals surface area (Å²) in [5.41, 5.74) is 2.84. The van der Waals surface area contributed by atoms with Crippen LogP contribution in [0.1, 0.15) is 20.8 Å². The maximum atomic E-state index is 12.7. The van der Waals surface area contributed by atoms with Crippen molar-refractivity contribution in [1.82, 2.24) is 9.80 Å². The molecule has 6 nitrogen and oxygen atoms in total. The van der Waals surface area contributed by atoms with Crippen LogP contribution in [-0.2, 0) is 0 Å². The monoisotopic (exact) mass is 433 g/mol. The number of hydrogen-bond acceptors (Lipinski definition) is 6. The van der Waals surface area contributed by atoms with Crippen LogP contribution in [0.5, 0.6) is 17.2 Å². The summed E-state index contributed by atoms with van der Waals surface area (Å²) in [7, 11) is 1.65. The van der Waals surface area contributed by atoms with Gasteiger partial charge in [-0.25, -0.2) is 4.99 Å². The third kappa shape index (κ3) is 3.77. The van der Waals surface area contributed by atoms with Crippen LogP contribution in [0.25, 0.3) is 0 Å². The summed E-state index contributed by atoms with van der Waals surface area (Å²) in [6, 6.07) is 15.7. The van der Waals surface area contributed by atoms with Crippen LogP contribution in [0, 0.1) is 6.92 Å². The Kier molecular flexibility index (Phi) is 5.11. The van der Waals surface area contributed by atoms with E-state index in [-0.39, 0.29) is 5.91 Å². The van der Waals surface area contributed by atoms with Crippen molar-refractivity contribution in [2.45, 2.75) is 6.92 Å². The first-order chi connectivity index (χ1) is 15.1. The van der Waals surface area contributed by atoms with Gasteiger partial charge in [0.2, 0.25) is 0 Å². The lowest BCUT2D eigenvalue weighted by atomic mass is 10.1. The number of hydrogen-bond donors (Lipinski definition) is 0. The fourth-order valence-electron chi connectivity index (χ4n) is 3.91. The molecule has 2 aliphatic rings. The zero-order valence-electron chi connectivity index (χ0n) is 17.5. The predicted molar refractivity (Wildman–Crippen MR) is 122 cm³/mol. The number of rotatable bonds is 2. The summed E-state index contributed by atoms with van der Waals surface area (Å²) in [4.78, 5) is 22.7. The molecule has 1 aromatic heterocycles. The van der Waals surface area contributed by atoms with E-state index in [9.17, 15) is 4.79 Å². The van der Waals surface area contributed by atoms with Gasteiger partial charge >= 0.3 is 0 Å². The lowest BCUT2D eigenvalue weighted by Crippen LogP contribution is -2.50. The van der Waals surface area contributed by atoms with Gasteiger partial charge in [-0.1, -0.05) is 12.1 Å². The van der Waals surface area contributed by atoms with Crippen LogP contribution >= 0.6 is 11.3 Å². The van der Waals surface area contributed by atoms with E-state index in [1.807, 2.05) is 65.7 Å². The summed E-state index contributed by atoms with van der Waals surface area (Å²) >= 11 is 1.49. The van der Waals surface area contributed by atoms with Gasteiger partial charge in [0, 0.05) is 32.2 Å². The van der Waals surface area contributed by atoms with E-state index >= 15 is 0 Å². The van der Waals surface area contributed by atoms with E-state index in [2.05, 4.69) is 4.90 Å². The Bertz CT molecular complexity index is 1150. The average molecular weight is 434 g/mol. The van der Waals surface area contributed by atoms with E-state index in [0.29, 0.717) is 26.2 Å². The van der Waals surface area contributed by atoms with Gasteiger partial charge in [-0.3, -0.25) is 4.79 Å². The van der Waals surface area contributed by atoms with Crippen molar-refractivity contribution < 1.29 is 14.3 Å². The Labute approximate surface area is 185 Å². The van der Waals surface area contributed by atoms with Crippen LogP contribution in [0.2, 0.25) is 0 Å². The minimum absolute atomic E-state index is 0.103. The van der Waals surface area contributed by atoms with Crippen LogP contribution in [0.3, 0.4) is 0 Å². The third-order valence-corrected chi connectivity index (χ3v) is 6.45. The van der Waals surface area contributed by atoms with Gasteiger partial charge in [0.25, 0.3) is 5.91 Å². The fourth-order valence-corrected chi connectivity index (χ4v) is 4.60. The molecule has 0 spiro atoms. The molecule has 0 aliphatic carbocycles. The van der Waals surface area contributed by atoms with Crippen LogP contribution in [0.4, 0.5) is 5.69 Å². The minimum Gasteiger partial charge on any atom is -0.497 e. The zero-order valence-corrected chi connectivity index (χ0v) is 18.3. The van der Waals surface area contributed by atoms with E-state index < -0.39 is 0 Å². The van der Waals surface area contributed by atoms with Crippen LogP contribution < -0.4 is 9.47 Å². The number of aliphatic imine (C=N–C) groups is 1. The molecule has 0 radical (unpaired) electrons. The molecule has 0 atom stereocenters. The highest BCUT2D eigenvalue weighted by molar-refractivity contribution is 7.12. The zero-order chi connectivity index (χ0) is 21.4. The molecular formula is C24H23N3O3S. The topological polar surface area (TPSA) is 54.4 Å². The maximum Gasteiger partial charge on any atom is 0.264 e. The molecule has 0 N–H and O–H groups in total. The first kappa shape index (κ1) is 19.6. The lowest BCUT2D eigenvalue weighted by molar-refractivity contribution is 0.0697. The number of amidine groups is 1. The molecule has 1 saturated heterocycles. The Hall–Kier alpha value is -3.32. The minimum atomic E-state index is 0.103. The molecule has 0 unspecified atom stereocenters. The van der Waals surface area contributed by atoms with E-state index in [4.69, 9.17) is 14.5 Å². The van der Waals surface area contributed by atoms with Crippen LogP contribution in [0.15, 0.2) is 58.9 Å². The Morgan fingerprint density at radius 3 is 2.65 bits per heavy atom. The Balaban J connectivity index is 1.46. The number of piperazine rings is 1. The standard InChI is InChI=1S/C24H23N3O3S/c1-16-5-8-19-21(14-16)30-20-15-17(29-2)6-7-18(20)23(25-19)26-9-11-27(12-10-26)24(28)22-4-3-13-31-22/h3-8,13-15H,9-12H2,1-2H3. The molecule has 1 amide bonds. The van der Waals surface area contributed by atoms with Gasteiger partial charge in [0.05, 0.1) is 17.6 Å². The number of thiophene rings is 1. The van der Waals surface area contributed by atoms with Crippen molar-refractivity contribution in [3.05, 3.63) is 69.9 Å². The van der Waals surface area contributed by atoms with Gasteiger partial charge in [0.15, 0.2) is 5.75 Å². The van der Waals surface area contributed by atoms with Crippen molar-refractivity contribution in [1.29, 1.82) is 0 Å². The summed E-state index contributed by atoms with van der Waals surface area (Å²) < 4.78 is 11.7. The Morgan fingerprint density at radius 1 is 1.06 bits per heavy atom. The highest BCUT2D eigenvalue weighted by Crippen LogP contribution is 2.40. The predicted octanol–water partition coefficient (Wildman–Crippen LogP) is 4.71. The van der Waals surface area contributed by atoms with Gasteiger partial charge < -0.3 is 19.3 Å². The molecule has 7 heteroatoms. The van der Waals surface area contributed by atoms with E-state index in [1.54, 1.807) is 7.11 Å². The van der Waals surface area contributed by atoms with Crippen molar-refractivity contribution in [2.24, 2.45) is 4.99 Å². The number of carbonyl (C=O) groups excluding carboxylic acids is 1. The number of benzene rings is 2. The quantitative estimate of drug-likeness (QED) is 0.588. The second-order valence-electron chi connectivity index (χ2n) is 7.63. The number of fused-ring (bicyclic) bond motifs is 2. The lowest BCUT2D eigenvalue weighted by Gasteiger charge is -2.36. The molecule has 3 aromatic rings. The molecule has 31 heavy (non-hydrogen) atoms. The number of aryl methyl sites for hydroxylation is 1. The molecule has 5 rings (SSSR count). The number of nitrogens with zero attached hydrogens (tertiary/aromatic N) is 3. The van der Waals surface area contributed by atoms with E-state index in [0.717, 1.165) is 44.8 Å². The molecule has 2 aromatic carbocycles. The van der Waals surface area contributed by atoms with E-state index in [1.165, 1.54) is 11.3 Å². The highest BCUT2D eigenvalue weighted by atomic mass is 32.1. The first-order valence-electron chi connectivity index (χ1n) is 10.3. The second kappa shape index (κ2) is 8.07. The summed E-state index contributed by atoms with van der Waals surface area (Å²) in [5.74, 6) is 3.16. The van der Waals surface area contributed by atoms with Crippen molar-refractivity contribution in [2.75, 3.05) is 33.3 Å². The number of amides is 1. The number of methoxy groups -OCH3 is 1. The fraction of sp³-hybridized carbons (Fsp3) is 0.250. The SMILES string of the molecule is COc1ccc2c(c1)Oc1cc(C)ccc1N=C2N1CCN(C(=O)c2cccs2)CC1. The molecule has 0 saturated carbocycles. The average Bonchev–Trinajstić information content (AvgIpc) is 3.28. The van der Waals surface area contributed by atoms with Crippen molar-refractivity contribution in [3.8, 4) is 17.2 Å². The Morgan fingerprint density at radius 2 is 1.90 bits per heavy atom. The van der Waals surface area contributed by atoms with Crippen molar-refractivity contribution >= 4 is 28.8 Å². The summed E-state index contributed by atoms with van der Waals surface area (Å²) in [5, 5.41) is 1.94.